The Morgan fingerprint density at radius 2 is 1.80 bits per heavy atom. The zero-order chi connectivity index (χ0) is 44.2. The predicted octanol–water partition coefficient (Wildman–Crippen LogP) is 6.17. The lowest BCUT2D eigenvalue weighted by molar-refractivity contribution is -0.143. The summed E-state index contributed by atoms with van der Waals surface area (Å²) < 4.78 is 73.9. The second kappa shape index (κ2) is 16.7. The van der Waals surface area contributed by atoms with Crippen LogP contribution in [0.4, 0.5) is 13.6 Å². The van der Waals surface area contributed by atoms with E-state index in [-0.39, 0.29) is 28.7 Å². The smallest absolute Gasteiger partial charge is 0.408 e. The maximum absolute atomic E-state index is 15.0. The Labute approximate surface area is 360 Å². The van der Waals surface area contributed by atoms with Gasteiger partial charge in [0.25, 0.3) is 5.91 Å². The zero-order valence-corrected chi connectivity index (χ0v) is 36.9. The highest BCUT2D eigenvalue weighted by molar-refractivity contribution is 7.91. The number of alkyl halides is 2. The number of halogens is 2. The Bertz CT molecular complexity index is 2170. The highest BCUT2D eigenvalue weighted by Crippen LogP contribution is 2.50. The fraction of sp³-hybridized carbons (Fsp3) is 0.721. The first kappa shape index (κ1) is 44.7. The Kier molecular flexibility index (Phi) is 12.3. The van der Waals surface area contributed by atoms with Gasteiger partial charge in [-0.15, -0.1) is 0 Å². The van der Waals surface area contributed by atoms with E-state index in [1.165, 1.54) is 18.9 Å². The van der Waals surface area contributed by atoms with Gasteiger partial charge in [0.05, 0.1) is 35.4 Å². The predicted molar refractivity (Wildman–Crippen MR) is 227 cm³/mol. The van der Waals surface area contributed by atoms with Crippen LogP contribution >= 0.6 is 0 Å². The van der Waals surface area contributed by atoms with Crippen molar-refractivity contribution in [3.8, 4) is 11.6 Å². The number of aryl methyl sites for hydroxylation is 1. The molecule has 1 aromatic carbocycles. The number of methoxy groups -OCH3 is 1. The van der Waals surface area contributed by atoms with Crippen LogP contribution in [0.25, 0.3) is 11.0 Å². The van der Waals surface area contributed by atoms with Crippen LogP contribution in [-0.2, 0) is 35.6 Å². The molecular weight excluding hydrogens is 815 g/mol. The van der Waals surface area contributed by atoms with Crippen molar-refractivity contribution >= 4 is 44.9 Å². The first-order chi connectivity index (χ1) is 28.7. The molecular formula is C43H66F2N6O9S. The minimum absolute atomic E-state index is 0. The number of hydrogen-bond acceptors (Lipinski definition) is 11. The third-order valence-electron chi connectivity index (χ3n) is 13.9. The third kappa shape index (κ3) is 8.83. The molecule has 9 atom stereocenters. The molecule has 61 heavy (non-hydrogen) atoms. The first-order valence-corrected chi connectivity index (χ1v) is 23.2. The Balaban J connectivity index is 0.00000299. The maximum Gasteiger partial charge on any atom is 0.408 e. The summed E-state index contributed by atoms with van der Waals surface area (Å²) in [5, 5.41) is 5.32. The van der Waals surface area contributed by atoms with Gasteiger partial charge in [0.1, 0.15) is 41.3 Å². The number of carbonyl (C=O) groups excluding carboxylic acids is 4. The number of benzene rings is 1. The lowest BCUT2D eigenvalue weighted by atomic mass is 9.85. The highest BCUT2D eigenvalue weighted by atomic mass is 32.2. The van der Waals surface area contributed by atoms with Crippen molar-refractivity contribution in [3.05, 3.63) is 23.9 Å². The molecule has 1 aromatic heterocycles. The van der Waals surface area contributed by atoms with E-state index >= 15 is 0 Å². The number of aromatic nitrogens is 2. The highest BCUT2D eigenvalue weighted by Gasteiger charge is 2.67. The fourth-order valence-corrected chi connectivity index (χ4v) is 10.9. The van der Waals surface area contributed by atoms with E-state index in [9.17, 15) is 36.4 Å². The van der Waals surface area contributed by atoms with Crippen molar-refractivity contribution in [2.24, 2.45) is 29.1 Å². The van der Waals surface area contributed by atoms with Crippen molar-refractivity contribution in [1.82, 2.24) is 30.2 Å². The summed E-state index contributed by atoms with van der Waals surface area (Å²) >= 11 is 0. The molecule has 3 saturated carbocycles. The van der Waals surface area contributed by atoms with Crippen molar-refractivity contribution in [2.75, 3.05) is 13.7 Å². The molecule has 18 heteroatoms. The van der Waals surface area contributed by atoms with Crippen LogP contribution < -0.4 is 24.8 Å². The van der Waals surface area contributed by atoms with Gasteiger partial charge < -0.3 is 29.7 Å². The largest absolute Gasteiger partial charge is 0.497 e. The molecule has 5 aliphatic rings. The van der Waals surface area contributed by atoms with E-state index in [0.717, 1.165) is 38.5 Å². The number of alkyl carbamates (subject to hydrolysis) is 1. The normalized spacial score (nSPS) is 31.7. The Morgan fingerprint density at radius 3 is 2.44 bits per heavy atom. The van der Waals surface area contributed by atoms with E-state index < -0.39 is 92.4 Å². The third-order valence-corrected chi connectivity index (χ3v) is 16.1. The minimum atomic E-state index is -4.25. The van der Waals surface area contributed by atoms with E-state index in [4.69, 9.17) is 24.2 Å². The minimum Gasteiger partial charge on any atom is -0.497 e. The van der Waals surface area contributed by atoms with Gasteiger partial charge in [-0.3, -0.25) is 19.1 Å². The summed E-state index contributed by atoms with van der Waals surface area (Å²) in [6.45, 7) is 10.4. The van der Waals surface area contributed by atoms with Crippen LogP contribution in [0, 0.1) is 29.1 Å². The van der Waals surface area contributed by atoms with Gasteiger partial charge >= 0.3 is 6.09 Å². The fourth-order valence-electron chi connectivity index (χ4n) is 9.56. The molecule has 3 heterocycles. The monoisotopic (exact) mass is 880 g/mol. The lowest BCUT2D eigenvalue weighted by Crippen LogP contribution is -2.61. The van der Waals surface area contributed by atoms with Crippen LogP contribution in [0.3, 0.4) is 0 Å². The van der Waals surface area contributed by atoms with Crippen molar-refractivity contribution in [1.29, 1.82) is 0 Å². The second-order valence-electron chi connectivity index (χ2n) is 19.2. The van der Waals surface area contributed by atoms with E-state index in [0.29, 0.717) is 54.1 Å². The molecule has 0 radical (unpaired) electrons. The van der Waals surface area contributed by atoms with Crippen LogP contribution in [0.1, 0.15) is 116 Å². The van der Waals surface area contributed by atoms with Crippen molar-refractivity contribution < 1.29 is 54.9 Å². The number of fused-ring (bicyclic) bond motifs is 5. The maximum atomic E-state index is 15.0. The molecule has 342 valence electrons. The standard InChI is InChI=1S/C43H60F2N6O9S.3H2/c1-8-24-14-17-31-26(24)12-10-9-11-13-29-37(47-30-20-25(58-7)15-16-28(30)46-29)59-32-22-51(38(53)34(41(3,4)5)48-40(55)60-31)33(23(32)2)36(52)49-43(21-27(43)35(44)45)39(54)50-61(56,57)42(6)18-19-42;;;/h15-16,20,23-24,26-27,31-35H,8-14,17-19,21-22H2,1-7H3,(H,48,55)(H,49,52)(H,50,54);3*1H/t23-,24+,26-,27+,31-,32+,33+,34-,43-;;;/m1.../s1. The summed E-state index contributed by atoms with van der Waals surface area (Å²) in [7, 11) is -2.71. The molecule has 0 unspecified atom stereocenters. The summed E-state index contributed by atoms with van der Waals surface area (Å²) in [6.07, 6.45) is 1.49. The number of hydrogen-bond donors (Lipinski definition) is 3. The molecule has 4 amide bonds. The Hall–Kier alpha value is -4.35. The molecule has 3 N–H and O–H groups in total. The molecule has 15 nitrogen and oxygen atoms in total. The van der Waals surface area contributed by atoms with Crippen LogP contribution in [0.15, 0.2) is 18.2 Å². The van der Waals surface area contributed by atoms with E-state index in [1.54, 1.807) is 39.8 Å². The molecule has 4 fully saturated rings. The SMILES string of the molecule is CC[C@H]1CC[C@H]2OC(=O)N[C@@H](C(C)(C)C)C(=O)N3C[C@H](Oc4nc5cc(OC)ccc5nc4CCCCC[C@H]12)[C@@H](C)[C@H]3C(=O)N[C@]1(C(=O)NS(=O)(=O)C2(C)CC2)C[C@H]1C(F)F.[HH].[HH].[HH]. The first-order valence-electron chi connectivity index (χ1n) is 21.7. The summed E-state index contributed by atoms with van der Waals surface area (Å²) in [5.41, 5.74) is -1.46. The van der Waals surface area contributed by atoms with Gasteiger partial charge in [-0.05, 0) is 87.7 Å². The van der Waals surface area contributed by atoms with Crippen LogP contribution in [0.5, 0.6) is 11.6 Å². The van der Waals surface area contributed by atoms with Gasteiger partial charge in [-0.25, -0.2) is 32.0 Å². The molecule has 2 aromatic rings. The van der Waals surface area contributed by atoms with Crippen molar-refractivity contribution in [2.45, 2.75) is 153 Å². The van der Waals surface area contributed by atoms with Crippen molar-refractivity contribution in [3.63, 3.8) is 0 Å². The number of rotatable bonds is 8. The number of sulfonamides is 1. The lowest BCUT2D eigenvalue weighted by Gasteiger charge is -2.36. The average Bonchev–Trinajstić information content (AvgIpc) is 4.06. The summed E-state index contributed by atoms with van der Waals surface area (Å²) in [4.78, 5) is 68.1. The number of carbonyl (C=O) groups is 4. The molecule has 2 aliphatic heterocycles. The number of nitrogens with zero attached hydrogens (tertiary/aromatic N) is 3. The average molecular weight is 881 g/mol. The number of ether oxygens (including phenoxy) is 3. The van der Waals surface area contributed by atoms with E-state index in [2.05, 4.69) is 17.6 Å². The van der Waals surface area contributed by atoms with Crippen LogP contribution in [-0.4, -0.2) is 102 Å². The van der Waals surface area contributed by atoms with Gasteiger partial charge in [0.15, 0.2) is 0 Å². The van der Waals surface area contributed by atoms with Gasteiger partial charge in [-0.1, -0.05) is 53.9 Å². The number of amides is 4. The van der Waals surface area contributed by atoms with Gasteiger partial charge in [-0.2, -0.15) is 0 Å². The molecule has 2 bridgehead atoms. The number of nitrogens with one attached hydrogen (secondary N) is 3. The second-order valence-corrected chi connectivity index (χ2v) is 21.4. The molecule has 3 aliphatic carbocycles. The van der Waals surface area contributed by atoms with Crippen LogP contribution in [0.2, 0.25) is 0 Å². The van der Waals surface area contributed by atoms with Gasteiger partial charge in [0.2, 0.25) is 34.1 Å². The van der Waals surface area contributed by atoms with E-state index in [1.807, 2.05) is 10.8 Å². The quantitative estimate of drug-likeness (QED) is 0.274. The zero-order valence-electron chi connectivity index (χ0n) is 36.1. The Morgan fingerprint density at radius 1 is 1.07 bits per heavy atom. The topological polar surface area (TPSA) is 195 Å². The molecule has 0 spiro atoms. The summed E-state index contributed by atoms with van der Waals surface area (Å²) in [5.74, 6) is -4.08. The summed E-state index contributed by atoms with van der Waals surface area (Å²) in [6, 6.07) is 2.70. The molecule has 7 rings (SSSR count). The van der Waals surface area contributed by atoms with Gasteiger partial charge in [0, 0.05) is 16.3 Å². The molecule has 1 saturated heterocycles.